The average Bonchev–Trinajstić information content (AvgIpc) is 3.25. The molecule has 0 amide bonds. The molecule has 5 aromatic rings. The lowest BCUT2D eigenvalue weighted by atomic mass is 9.85. The van der Waals surface area contributed by atoms with Gasteiger partial charge in [-0.3, -0.25) is 0 Å². The summed E-state index contributed by atoms with van der Waals surface area (Å²) in [4.78, 5) is 0. The lowest BCUT2D eigenvalue weighted by molar-refractivity contribution is 0.587. The van der Waals surface area contributed by atoms with Gasteiger partial charge in [-0.05, 0) is 69.0 Å². The third-order valence-corrected chi connectivity index (χ3v) is 6.93. The van der Waals surface area contributed by atoms with Gasteiger partial charge < -0.3 is 9.13 Å². The Hall–Kier alpha value is -3.26. The molecule has 0 fully saturated rings. The molecule has 0 aliphatic carbocycles. The second-order valence-corrected chi connectivity index (χ2v) is 9.50. The summed E-state index contributed by atoms with van der Waals surface area (Å²) < 4.78 is 4.85. The Morgan fingerprint density at radius 2 is 1.50 bits per heavy atom. The average molecular weight is 421 g/mol. The number of hydrogen-bond donors (Lipinski definition) is 0. The molecule has 0 saturated carbocycles. The Bertz CT molecular complexity index is 1450. The highest BCUT2D eigenvalue weighted by Gasteiger charge is 2.29. The fourth-order valence-electron chi connectivity index (χ4n) is 5.63. The van der Waals surface area contributed by atoms with Gasteiger partial charge >= 0.3 is 0 Å². The van der Waals surface area contributed by atoms with E-state index in [1.807, 2.05) is 0 Å². The highest BCUT2D eigenvalue weighted by atomic mass is 15.0. The van der Waals surface area contributed by atoms with Gasteiger partial charge in [0.05, 0.1) is 5.92 Å². The van der Waals surface area contributed by atoms with Gasteiger partial charge in [-0.2, -0.15) is 0 Å². The van der Waals surface area contributed by atoms with Crippen molar-refractivity contribution in [3.05, 3.63) is 106 Å². The largest absolute Gasteiger partial charge is 0.350 e. The van der Waals surface area contributed by atoms with Crippen molar-refractivity contribution in [2.45, 2.75) is 46.6 Å². The third-order valence-electron chi connectivity index (χ3n) is 6.93. The van der Waals surface area contributed by atoms with Crippen molar-refractivity contribution in [1.82, 2.24) is 9.13 Å². The van der Waals surface area contributed by atoms with Crippen molar-refractivity contribution >= 4 is 21.8 Å². The lowest BCUT2D eigenvalue weighted by Gasteiger charge is -2.24. The summed E-state index contributed by atoms with van der Waals surface area (Å²) >= 11 is 0. The molecule has 1 atom stereocenters. The van der Waals surface area contributed by atoms with Gasteiger partial charge in [-0.15, -0.1) is 0 Å². The number of aromatic nitrogens is 2. The summed E-state index contributed by atoms with van der Waals surface area (Å²) in [6.07, 6.45) is 2.34. The minimum atomic E-state index is 0.162. The van der Waals surface area contributed by atoms with E-state index in [9.17, 15) is 0 Å². The van der Waals surface area contributed by atoms with Gasteiger partial charge in [0.1, 0.15) is 0 Å². The summed E-state index contributed by atoms with van der Waals surface area (Å²) in [7, 11) is 2.16. The number of hydrogen-bond acceptors (Lipinski definition) is 0. The second kappa shape index (κ2) is 7.70. The molecule has 2 nitrogen and oxygen atoms in total. The molecule has 5 rings (SSSR count). The van der Waals surface area contributed by atoms with Crippen LogP contribution < -0.4 is 0 Å². The van der Waals surface area contributed by atoms with E-state index in [-0.39, 0.29) is 5.92 Å². The number of para-hydroxylation sites is 1. The first-order valence-corrected chi connectivity index (χ1v) is 11.6. The minimum Gasteiger partial charge on any atom is -0.350 e. The lowest BCUT2D eigenvalue weighted by Crippen LogP contribution is -2.13. The molecular weight excluding hydrogens is 388 g/mol. The van der Waals surface area contributed by atoms with Crippen molar-refractivity contribution in [2.75, 3.05) is 0 Å². The monoisotopic (exact) mass is 420 g/mol. The Labute approximate surface area is 191 Å². The molecule has 2 heterocycles. The van der Waals surface area contributed by atoms with Crippen molar-refractivity contribution in [3.63, 3.8) is 0 Å². The van der Waals surface area contributed by atoms with Crippen molar-refractivity contribution in [2.24, 2.45) is 7.05 Å². The summed E-state index contributed by atoms with van der Waals surface area (Å²) in [5.74, 6) is 0.162. The van der Waals surface area contributed by atoms with Crippen LogP contribution in [-0.4, -0.2) is 9.13 Å². The van der Waals surface area contributed by atoms with Crippen LogP contribution in [0.25, 0.3) is 21.8 Å². The van der Waals surface area contributed by atoms with E-state index < -0.39 is 0 Å². The second-order valence-electron chi connectivity index (χ2n) is 9.50. The molecule has 0 radical (unpaired) electrons. The predicted molar refractivity (Wildman–Crippen MR) is 137 cm³/mol. The van der Waals surface area contributed by atoms with Crippen LogP contribution in [0, 0.1) is 20.8 Å². The number of benzene rings is 3. The molecule has 0 bridgehead atoms. The normalized spacial score (nSPS) is 12.8. The van der Waals surface area contributed by atoms with E-state index in [2.05, 4.69) is 124 Å². The maximum atomic E-state index is 2.58. The van der Waals surface area contributed by atoms with Crippen LogP contribution >= 0.6 is 0 Å². The zero-order chi connectivity index (χ0) is 22.6. The van der Waals surface area contributed by atoms with Gasteiger partial charge in [0.15, 0.2) is 0 Å². The standard InChI is InChI=1S/C30H32N2/c1-19(2)32-27-16-10-12-21(4)28(27)22(5)30(32)29(23-13-9-11-20(3)17-23)25-18-31(6)26-15-8-7-14-24(25)26/h7-19,29H,1-6H3/t29-/m1/s1. The van der Waals surface area contributed by atoms with Crippen LogP contribution in [0.3, 0.4) is 0 Å². The SMILES string of the molecule is Cc1cccc([C@H](c2cn(C)c3ccccc23)c2c(C)c3c(C)cccc3n2C(C)C)c1. The van der Waals surface area contributed by atoms with Crippen molar-refractivity contribution < 1.29 is 0 Å². The molecule has 32 heavy (non-hydrogen) atoms. The number of nitrogens with zero attached hydrogens (tertiary/aromatic N) is 2. The van der Waals surface area contributed by atoms with Crippen LogP contribution in [0.1, 0.15) is 59.3 Å². The number of rotatable bonds is 4. The molecule has 0 saturated heterocycles. The molecule has 3 aromatic carbocycles. The van der Waals surface area contributed by atoms with Gasteiger partial charge in [0.2, 0.25) is 0 Å². The van der Waals surface area contributed by atoms with Crippen LogP contribution in [0.4, 0.5) is 0 Å². The highest BCUT2D eigenvalue weighted by Crippen LogP contribution is 2.43. The van der Waals surface area contributed by atoms with E-state index in [1.54, 1.807) is 0 Å². The third kappa shape index (κ3) is 3.09. The van der Waals surface area contributed by atoms with Crippen LogP contribution in [0.15, 0.2) is 72.9 Å². The first-order chi connectivity index (χ1) is 15.4. The number of aryl methyl sites for hydroxylation is 4. The molecular formula is C30H32N2. The fourth-order valence-corrected chi connectivity index (χ4v) is 5.63. The highest BCUT2D eigenvalue weighted by molar-refractivity contribution is 5.91. The first kappa shape index (κ1) is 20.6. The maximum Gasteiger partial charge on any atom is 0.0517 e. The van der Waals surface area contributed by atoms with Crippen LogP contribution in [0.2, 0.25) is 0 Å². The van der Waals surface area contributed by atoms with E-state index in [0.717, 1.165) is 0 Å². The molecule has 0 aliphatic heterocycles. The van der Waals surface area contributed by atoms with Gasteiger partial charge in [-0.1, -0.05) is 60.2 Å². The van der Waals surface area contributed by atoms with Gasteiger partial charge in [0, 0.05) is 46.8 Å². The van der Waals surface area contributed by atoms with E-state index in [1.165, 1.54) is 55.3 Å². The maximum absolute atomic E-state index is 2.58. The Balaban J connectivity index is 1.93. The Kier molecular flexibility index (Phi) is 4.97. The molecule has 2 aromatic heterocycles. The summed E-state index contributed by atoms with van der Waals surface area (Å²) in [5.41, 5.74) is 10.8. The zero-order valence-corrected chi connectivity index (χ0v) is 20.0. The summed E-state index contributed by atoms with van der Waals surface area (Å²) in [6, 6.07) is 24.9. The number of fused-ring (bicyclic) bond motifs is 2. The molecule has 0 spiro atoms. The molecule has 2 heteroatoms. The van der Waals surface area contributed by atoms with Crippen LogP contribution in [-0.2, 0) is 7.05 Å². The first-order valence-electron chi connectivity index (χ1n) is 11.6. The summed E-state index contributed by atoms with van der Waals surface area (Å²) in [6.45, 7) is 11.4. The van der Waals surface area contributed by atoms with Gasteiger partial charge in [0.25, 0.3) is 0 Å². The summed E-state index contributed by atoms with van der Waals surface area (Å²) in [5, 5.41) is 2.73. The minimum absolute atomic E-state index is 0.162. The fraction of sp³-hybridized carbons (Fsp3) is 0.267. The van der Waals surface area contributed by atoms with Crippen molar-refractivity contribution in [1.29, 1.82) is 0 Å². The molecule has 0 unspecified atom stereocenters. The van der Waals surface area contributed by atoms with E-state index in [4.69, 9.17) is 0 Å². The smallest absolute Gasteiger partial charge is 0.0517 e. The molecule has 162 valence electrons. The zero-order valence-electron chi connectivity index (χ0n) is 20.0. The predicted octanol–water partition coefficient (Wildman–Crippen LogP) is 7.82. The molecule has 0 N–H and O–H groups in total. The molecule has 0 aliphatic rings. The van der Waals surface area contributed by atoms with Crippen molar-refractivity contribution in [3.8, 4) is 0 Å². The van der Waals surface area contributed by atoms with Crippen LogP contribution in [0.5, 0.6) is 0 Å². The van der Waals surface area contributed by atoms with E-state index >= 15 is 0 Å². The Morgan fingerprint density at radius 3 is 2.25 bits per heavy atom. The topological polar surface area (TPSA) is 9.86 Å². The Morgan fingerprint density at radius 1 is 0.781 bits per heavy atom. The van der Waals surface area contributed by atoms with Gasteiger partial charge in [-0.25, -0.2) is 0 Å². The quantitative estimate of drug-likeness (QED) is 0.280. The van der Waals surface area contributed by atoms with E-state index in [0.29, 0.717) is 6.04 Å².